The first-order valence-electron chi connectivity index (χ1n) is 9.41. The lowest BCUT2D eigenvalue weighted by molar-refractivity contribution is -0.136. The quantitative estimate of drug-likeness (QED) is 0.809. The summed E-state index contributed by atoms with van der Waals surface area (Å²) in [5.41, 5.74) is 4.25. The number of hydrogen-bond donors (Lipinski definition) is 0. The monoisotopic (exact) mass is 371 g/mol. The standard InChI is InChI=1S/C21H29N3O3/c1-13(2)24-15(4)18(14(3)22-24)11-23(5)21(25)17-10-16-8-7-9-19(26-6)20(16)27-12-17/h7-9,13,17H,10-12H2,1-6H3. The third-order valence-electron chi connectivity index (χ3n) is 5.26. The Labute approximate surface area is 161 Å². The van der Waals surface area contributed by atoms with Gasteiger partial charge >= 0.3 is 0 Å². The lowest BCUT2D eigenvalue weighted by atomic mass is 9.95. The summed E-state index contributed by atoms with van der Waals surface area (Å²) < 4.78 is 13.2. The van der Waals surface area contributed by atoms with Crippen LogP contribution >= 0.6 is 0 Å². The smallest absolute Gasteiger partial charge is 0.229 e. The first kappa shape index (κ1) is 19.3. The Kier molecular flexibility index (Phi) is 5.44. The van der Waals surface area contributed by atoms with Crippen molar-refractivity contribution < 1.29 is 14.3 Å². The highest BCUT2D eigenvalue weighted by atomic mass is 16.5. The van der Waals surface area contributed by atoms with Crippen LogP contribution in [0.2, 0.25) is 0 Å². The number of aryl methyl sites for hydroxylation is 1. The zero-order chi connectivity index (χ0) is 19.7. The van der Waals surface area contributed by atoms with E-state index in [4.69, 9.17) is 9.47 Å². The van der Waals surface area contributed by atoms with Crippen LogP contribution < -0.4 is 9.47 Å². The molecule has 0 N–H and O–H groups in total. The van der Waals surface area contributed by atoms with Gasteiger partial charge in [-0.2, -0.15) is 5.10 Å². The summed E-state index contributed by atoms with van der Waals surface area (Å²) >= 11 is 0. The predicted molar refractivity (Wildman–Crippen MR) is 104 cm³/mol. The second-order valence-electron chi connectivity index (χ2n) is 7.54. The molecule has 3 rings (SSSR count). The SMILES string of the molecule is COc1cccc2c1OCC(C(=O)N(C)Cc1c(C)nn(C(C)C)c1C)C2. The molecule has 27 heavy (non-hydrogen) atoms. The van der Waals surface area contributed by atoms with Crippen LogP contribution in [0.5, 0.6) is 11.5 Å². The van der Waals surface area contributed by atoms with Gasteiger partial charge in [-0.15, -0.1) is 0 Å². The molecule has 1 aliphatic heterocycles. The van der Waals surface area contributed by atoms with E-state index in [1.54, 1.807) is 12.0 Å². The molecule has 6 heteroatoms. The van der Waals surface area contributed by atoms with Crippen molar-refractivity contribution in [3.63, 3.8) is 0 Å². The number of aromatic nitrogens is 2. The van der Waals surface area contributed by atoms with Crippen molar-refractivity contribution in [2.45, 2.75) is 46.7 Å². The molecule has 146 valence electrons. The Balaban J connectivity index is 1.73. The number of ether oxygens (including phenoxy) is 2. The van der Waals surface area contributed by atoms with Gasteiger partial charge in [0.2, 0.25) is 5.91 Å². The molecule has 0 spiro atoms. The van der Waals surface area contributed by atoms with Crippen LogP contribution in [0.4, 0.5) is 0 Å². The predicted octanol–water partition coefficient (Wildman–Crippen LogP) is 3.30. The molecule has 0 saturated carbocycles. The molecule has 6 nitrogen and oxygen atoms in total. The molecule has 0 radical (unpaired) electrons. The van der Waals surface area contributed by atoms with Gasteiger partial charge in [-0.1, -0.05) is 12.1 Å². The van der Waals surface area contributed by atoms with E-state index in [0.717, 1.165) is 34.0 Å². The zero-order valence-electron chi connectivity index (χ0n) is 17.1. The Hall–Kier alpha value is -2.50. The number of carbonyl (C=O) groups is 1. The number of fused-ring (bicyclic) bond motifs is 1. The summed E-state index contributed by atoms with van der Waals surface area (Å²) in [5, 5.41) is 4.62. The molecule has 1 atom stereocenters. The fourth-order valence-corrected chi connectivity index (χ4v) is 3.77. The summed E-state index contributed by atoms with van der Waals surface area (Å²) in [6, 6.07) is 6.12. The average molecular weight is 371 g/mol. The van der Waals surface area contributed by atoms with E-state index in [9.17, 15) is 4.79 Å². The van der Waals surface area contributed by atoms with Gasteiger partial charge in [0.1, 0.15) is 6.61 Å². The van der Waals surface area contributed by atoms with Gasteiger partial charge in [-0.05, 0) is 45.7 Å². The summed E-state index contributed by atoms with van der Waals surface area (Å²) in [7, 11) is 3.49. The van der Waals surface area contributed by atoms with Crippen LogP contribution in [0.1, 0.15) is 42.4 Å². The molecule has 1 aliphatic rings. The minimum atomic E-state index is -0.185. The third-order valence-corrected chi connectivity index (χ3v) is 5.26. The molecule has 0 bridgehead atoms. The minimum Gasteiger partial charge on any atom is -0.493 e. The van der Waals surface area contributed by atoms with Crippen LogP contribution in [-0.2, 0) is 17.8 Å². The highest BCUT2D eigenvalue weighted by Crippen LogP contribution is 2.36. The fourth-order valence-electron chi connectivity index (χ4n) is 3.77. The van der Waals surface area contributed by atoms with E-state index in [2.05, 4.69) is 25.9 Å². The van der Waals surface area contributed by atoms with Gasteiger partial charge in [0.25, 0.3) is 0 Å². The zero-order valence-corrected chi connectivity index (χ0v) is 17.1. The molecule has 1 unspecified atom stereocenters. The number of para-hydroxylation sites is 1. The summed E-state index contributed by atoms with van der Waals surface area (Å²) in [4.78, 5) is 14.8. The van der Waals surface area contributed by atoms with Crippen LogP contribution in [0.15, 0.2) is 18.2 Å². The van der Waals surface area contributed by atoms with Crippen LogP contribution in [0.25, 0.3) is 0 Å². The average Bonchev–Trinajstić information content (AvgIpc) is 2.94. The minimum absolute atomic E-state index is 0.0968. The van der Waals surface area contributed by atoms with Crippen molar-refractivity contribution in [3.8, 4) is 11.5 Å². The Bertz CT molecular complexity index is 841. The highest BCUT2D eigenvalue weighted by Gasteiger charge is 2.30. The molecule has 1 aromatic carbocycles. The van der Waals surface area contributed by atoms with Crippen molar-refractivity contribution in [1.29, 1.82) is 0 Å². The molecule has 1 aromatic heterocycles. The van der Waals surface area contributed by atoms with E-state index < -0.39 is 0 Å². The summed E-state index contributed by atoms with van der Waals surface area (Å²) in [5.74, 6) is 1.39. The second-order valence-corrected chi connectivity index (χ2v) is 7.54. The first-order valence-corrected chi connectivity index (χ1v) is 9.41. The number of hydrogen-bond acceptors (Lipinski definition) is 4. The maximum atomic E-state index is 13.0. The Morgan fingerprint density at radius 2 is 2.15 bits per heavy atom. The lowest BCUT2D eigenvalue weighted by Gasteiger charge is -2.29. The van der Waals surface area contributed by atoms with E-state index in [-0.39, 0.29) is 11.8 Å². The molecular weight excluding hydrogens is 342 g/mol. The maximum absolute atomic E-state index is 13.0. The largest absolute Gasteiger partial charge is 0.493 e. The summed E-state index contributed by atoms with van der Waals surface area (Å²) in [6.45, 7) is 9.24. The van der Waals surface area contributed by atoms with Gasteiger partial charge in [0.05, 0.1) is 18.7 Å². The molecular formula is C21H29N3O3. The normalized spacial score (nSPS) is 16.0. The molecule has 1 amide bonds. The highest BCUT2D eigenvalue weighted by molar-refractivity contribution is 5.79. The number of methoxy groups -OCH3 is 1. The van der Waals surface area contributed by atoms with Gasteiger partial charge in [0.15, 0.2) is 11.5 Å². The van der Waals surface area contributed by atoms with Gasteiger partial charge in [-0.3, -0.25) is 9.48 Å². The number of nitrogens with zero attached hydrogens (tertiary/aromatic N) is 3. The van der Waals surface area contributed by atoms with E-state index in [1.165, 1.54) is 0 Å². The molecule has 2 heterocycles. The van der Waals surface area contributed by atoms with Crippen molar-refractivity contribution in [2.24, 2.45) is 5.92 Å². The van der Waals surface area contributed by atoms with Gasteiger partial charge < -0.3 is 14.4 Å². The second kappa shape index (κ2) is 7.62. The molecule has 0 aliphatic carbocycles. The molecule has 0 saturated heterocycles. The van der Waals surface area contributed by atoms with Crippen LogP contribution in [0, 0.1) is 19.8 Å². The fraction of sp³-hybridized carbons (Fsp3) is 0.524. The lowest BCUT2D eigenvalue weighted by Crippen LogP contribution is -2.38. The van der Waals surface area contributed by atoms with E-state index >= 15 is 0 Å². The number of rotatable bonds is 5. The first-order chi connectivity index (χ1) is 12.8. The Morgan fingerprint density at radius 3 is 2.78 bits per heavy atom. The Morgan fingerprint density at radius 1 is 1.41 bits per heavy atom. The van der Waals surface area contributed by atoms with Crippen molar-refractivity contribution in [1.82, 2.24) is 14.7 Å². The van der Waals surface area contributed by atoms with E-state index in [0.29, 0.717) is 25.6 Å². The van der Waals surface area contributed by atoms with Crippen molar-refractivity contribution in [2.75, 3.05) is 20.8 Å². The summed E-state index contributed by atoms with van der Waals surface area (Å²) in [6.07, 6.45) is 0.666. The number of benzene rings is 1. The van der Waals surface area contributed by atoms with E-state index in [1.807, 2.05) is 36.9 Å². The number of amides is 1. The number of carbonyl (C=O) groups excluding carboxylic acids is 1. The molecule has 2 aromatic rings. The van der Waals surface area contributed by atoms with Gasteiger partial charge in [-0.25, -0.2) is 0 Å². The molecule has 0 fully saturated rings. The topological polar surface area (TPSA) is 56.6 Å². The van der Waals surface area contributed by atoms with Crippen LogP contribution in [0.3, 0.4) is 0 Å². The van der Waals surface area contributed by atoms with Gasteiger partial charge in [0, 0.05) is 30.9 Å². The maximum Gasteiger partial charge on any atom is 0.229 e. The third kappa shape index (κ3) is 3.66. The van der Waals surface area contributed by atoms with Crippen molar-refractivity contribution >= 4 is 5.91 Å². The van der Waals surface area contributed by atoms with Crippen LogP contribution in [-0.4, -0.2) is 41.4 Å². The van der Waals surface area contributed by atoms with Crippen molar-refractivity contribution in [3.05, 3.63) is 40.7 Å².